The fourth-order valence-corrected chi connectivity index (χ4v) is 4.28. The van der Waals surface area contributed by atoms with E-state index in [-0.39, 0.29) is 33.9 Å². The maximum atomic E-state index is 14.7. The van der Waals surface area contributed by atoms with Gasteiger partial charge in [-0.25, -0.2) is 0 Å². The van der Waals surface area contributed by atoms with Crippen LogP contribution >= 0.6 is 11.6 Å². The highest BCUT2D eigenvalue weighted by molar-refractivity contribution is 6.30. The summed E-state index contributed by atoms with van der Waals surface area (Å²) in [5, 5.41) is 2.38. The summed E-state index contributed by atoms with van der Waals surface area (Å²) in [5.41, 5.74) is 0.267. The first-order chi connectivity index (χ1) is 16.4. The molecule has 1 N–H and O–H groups in total. The highest BCUT2D eigenvalue weighted by Crippen LogP contribution is 2.35. The lowest BCUT2D eigenvalue weighted by molar-refractivity contribution is -0.154. The summed E-state index contributed by atoms with van der Waals surface area (Å²) < 4.78 is 29.5. The van der Waals surface area contributed by atoms with Gasteiger partial charge in [0.2, 0.25) is 19.8 Å². The average molecular weight is 491 g/mol. The van der Waals surface area contributed by atoms with Gasteiger partial charge >= 0.3 is 5.92 Å². The Kier molecular flexibility index (Phi) is 6.53. The van der Waals surface area contributed by atoms with Crippen LogP contribution in [0.25, 0.3) is 0 Å². The number of halogens is 3. The Morgan fingerprint density at radius 1 is 1.17 bits per heavy atom. The third kappa shape index (κ3) is 4.47. The Labute approximate surface area is 208 Å². The van der Waals surface area contributed by atoms with Crippen LogP contribution < -0.4 is 5.32 Å². The molecular formula is C22H15B3ClF2N3O4. The van der Waals surface area contributed by atoms with Gasteiger partial charge in [-0.15, -0.1) is 0 Å². The lowest BCUT2D eigenvalue weighted by Gasteiger charge is -2.34. The Morgan fingerprint density at radius 3 is 2.46 bits per heavy atom. The van der Waals surface area contributed by atoms with Crippen molar-refractivity contribution in [3.63, 3.8) is 0 Å². The van der Waals surface area contributed by atoms with Crippen LogP contribution in [-0.4, -0.2) is 63.1 Å². The van der Waals surface area contributed by atoms with Crippen molar-refractivity contribution < 1.29 is 28.0 Å². The molecule has 3 atom stereocenters. The first kappa shape index (κ1) is 25.0. The molecule has 1 fully saturated rings. The molecule has 2 aliphatic heterocycles. The molecular weight excluding hydrogens is 476 g/mol. The van der Waals surface area contributed by atoms with Gasteiger partial charge in [-0.2, -0.15) is 8.78 Å². The molecule has 4 rings (SSSR count). The van der Waals surface area contributed by atoms with Crippen LogP contribution in [0, 0.1) is 0 Å². The number of rotatable bonds is 5. The summed E-state index contributed by atoms with van der Waals surface area (Å²) in [6, 6.07) is 7.62. The Bertz CT molecular complexity index is 1230. The second-order valence-corrected chi connectivity index (χ2v) is 8.75. The maximum Gasteiger partial charge on any atom is 0.348 e. The molecule has 7 nitrogen and oxygen atoms in total. The second-order valence-electron chi connectivity index (χ2n) is 8.31. The topological polar surface area (TPSA) is 86.8 Å². The van der Waals surface area contributed by atoms with Gasteiger partial charge in [-0.3, -0.25) is 24.5 Å². The van der Waals surface area contributed by atoms with Gasteiger partial charge in [-0.1, -0.05) is 35.9 Å². The number of benzene rings is 2. The molecule has 3 unspecified atom stereocenters. The molecule has 1 saturated heterocycles. The van der Waals surface area contributed by atoms with Crippen LogP contribution in [0.5, 0.6) is 0 Å². The van der Waals surface area contributed by atoms with Crippen molar-refractivity contribution >= 4 is 58.9 Å². The van der Waals surface area contributed by atoms with Gasteiger partial charge in [-0.05, 0) is 35.1 Å². The van der Waals surface area contributed by atoms with E-state index in [1.54, 1.807) is 0 Å². The van der Waals surface area contributed by atoms with E-state index in [2.05, 4.69) is 5.32 Å². The maximum absolute atomic E-state index is 14.7. The number of piperidine rings is 1. The highest BCUT2D eigenvalue weighted by Gasteiger charge is 2.45. The van der Waals surface area contributed by atoms with Crippen molar-refractivity contribution in [2.45, 2.75) is 36.7 Å². The smallest absolute Gasteiger partial charge is 0.348 e. The van der Waals surface area contributed by atoms with Crippen molar-refractivity contribution in [2.75, 3.05) is 0 Å². The Morgan fingerprint density at radius 2 is 1.83 bits per heavy atom. The molecule has 6 radical (unpaired) electrons. The molecule has 0 aliphatic carbocycles. The summed E-state index contributed by atoms with van der Waals surface area (Å²) in [6.45, 7) is -0.0336. The molecule has 2 aliphatic rings. The van der Waals surface area contributed by atoms with E-state index in [4.69, 9.17) is 35.3 Å². The number of imide groups is 1. The number of alkyl halides is 2. The van der Waals surface area contributed by atoms with Gasteiger partial charge in [0, 0.05) is 35.1 Å². The molecule has 2 aromatic carbocycles. The van der Waals surface area contributed by atoms with Crippen molar-refractivity contribution in [1.82, 2.24) is 15.0 Å². The van der Waals surface area contributed by atoms with Crippen LogP contribution in [-0.2, 0) is 26.9 Å². The SMILES string of the molecule is [B]C1CC(=O)NC(=O)C1N1Cc2cc(C([B])N([B])C(=O)C(F)(F)c3ccc(Cl)cc3)ccc2C1=O. The van der Waals surface area contributed by atoms with Crippen LogP contribution in [0.4, 0.5) is 8.78 Å². The highest BCUT2D eigenvalue weighted by atomic mass is 35.5. The molecule has 2 heterocycles. The summed E-state index contributed by atoms with van der Waals surface area (Å²) in [4.78, 5) is 50.7. The van der Waals surface area contributed by atoms with Crippen molar-refractivity contribution in [1.29, 1.82) is 0 Å². The van der Waals surface area contributed by atoms with Crippen LogP contribution in [0.1, 0.15) is 39.4 Å². The molecule has 13 heteroatoms. The predicted octanol–water partition coefficient (Wildman–Crippen LogP) is 1.54. The molecule has 35 heavy (non-hydrogen) atoms. The molecule has 0 spiro atoms. The number of hydrogen-bond donors (Lipinski definition) is 1. The number of nitrogens with one attached hydrogen (secondary N) is 1. The monoisotopic (exact) mass is 491 g/mol. The van der Waals surface area contributed by atoms with E-state index in [1.807, 2.05) is 0 Å². The molecule has 172 valence electrons. The largest absolute Gasteiger partial charge is 0.393 e. The van der Waals surface area contributed by atoms with Crippen LogP contribution in [0.3, 0.4) is 0 Å². The van der Waals surface area contributed by atoms with Gasteiger partial charge < -0.3 is 9.71 Å². The summed E-state index contributed by atoms with van der Waals surface area (Å²) in [7, 11) is 17.6. The molecule has 0 bridgehead atoms. The third-order valence-electron chi connectivity index (χ3n) is 6.01. The first-order valence-electron chi connectivity index (χ1n) is 10.4. The lowest BCUT2D eigenvalue weighted by atomic mass is 9.75. The summed E-state index contributed by atoms with van der Waals surface area (Å²) in [5.74, 6) is -9.76. The van der Waals surface area contributed by atoms with E-state index >= 15 is 0 Å². The number of fused-ring (bicyclic) bond motifs is 1. The minimum absolute atomic E-state index is 0.0336. The lowest BCUT2D eigenvalue weighted by Crippen LogP contribution is -2.55. The standard InChI is InChI=1S/C22H15B3ClF2N3O4/c23-15-8-16(32)29-19(33)17(15)30-9-11-7-10(1-6-14(11)20(30)34)18(24)31(25)21(35)22(27,28)12-2-4-13(26)5-3-12/h1-7,15,17-18H,8-9H2,(H,29,32,33). The van der Waals surface area contributed by atoms with Gasteiger partial charge in [0.15, 0.2) is 0 Å². The zero-order chi connectivity index (χ0) is 25.7. The van der Waals surface area contributed by atoms with E-state index in [0.29, 0.717) is 5.56 Å². The van der Waals surface area contributed by atoms with E-state index < -0.39 is 52.9 Å². The minimum Gasteiger partial charge on any atom is -0.393 e. The van der Waals surface area contributed by atoms with Crippen molar-refractivity contribution in [2.24, 2.45) is 0 Å². The van der Waals surface area contributed by atoms with E-state index in [9.17, 15) is 28.0 Å². The summed E-state index contributed by atoms with van der Waals surface area (Å²) in [6.07, 6.45) is -0.126. The molecule has 4 amide bonds. The molecule has 0 saturated carbocycles. The minimum atomic E-state index is -3.97. The fraction of sp³-hybridized carbons (Fsp3) is 0.273. The number of carbonyl (C=O) groups excluding carboxylic acids is 4. The molecule has 2 aromatic rings. The van der Waals surface area contributed by atoms with Crippen LogP contribution in [0.2, 0.25) is 10.8 Å². The van der Waals surface area contributed by atoms with Crippen molar-refractivity contribution in [3.05, 3.63) is 69.7 Å². The number of carbonyl (C=O) groups is 4. The van der Waals surface area contributed by atoms with E-state index in [1.165, 1.54) is 35.2 Å². The van der Waals surface area contributed by atoms with Crippen molar-refractivity contribution in [3.8, 4) is 0 Å². The number of amides is 4. The third-order valence-corrected chi connectivity index (χ3v) is 6.26. The fourth-order valence-electron chi connectivity index (χ4n) is 4.16. The Balaban J connectivity index is 1.54. The average Bonchev–Trinajstić information content (AvgIpc) is 3.12. The first-order valence-corrected chi connectivity index (χ1v) is 10.8. The quantitative estimate of drug-likeness (QED) is 0.508. The zero-order valence-electron chi connectivity index (χ0n) is 18.1. The normalized spacial score (nSPS) is 20.9. The van der Waals surface area contributed by atoms with Gasteiger partial charge in [0.05, 0.1) is 7.85 Å². The van der Waals surface area contributed by atoms with E-state index in [0.717, 1.165) is 12.1 Å². The van der Waals surface area contributed by atoms with Crippen LogP contribution in [0.15, 0.2) is 42.5 Å². The number of nitrogens with zero attached hydrogens (tertiary/aromatic N) is 2. The second kappa shape index (κ2) is 9.15. The summed E-state index contributed by atoms with van der Waals surface area (Å²) >= 11 is 5.72. The van der Waals surface area contributed by atoms with Gasteiger partial charge in [0.1, 0.15) is 13.9 Å². The molecule has 0 aromatic heterocycles. The predicted molar refractivity (Wildman–Crippen MR) is 124 cm³/mol. The zero-order valence-corrected chi connectivity index (χ0v) is 18.8. The van der Waals surface area contributed by atoms with Gasteiger partial charge in [0.25, 0.3) is 11.8 Å². The Hall–Kier alpha value is -3.14. The number of hydrogen-bond acceptors (Lipinski definition) is 4.